The van der Waals surface area contributed by atoms with E-state index in [1.165, 1.54) is 0 Å². The number of aryl methyl sites for hydroxylation is 1. The third-order valence-electron chi connectivity index (χ3n) is 3.78. The third-order valence-corrected chi connectivity index (χ3v) is 4.92. The number of benzene rings is 2. The molecule has 0 unspecified atom stereocenters. The summed E-state index contributed by atoms with van der Waals surface area (Å²) in [6.45, 7) is 4.00. The van der Waals surface area contributed by atoms with Crippen molar-refractivity contribution < 1.29 is 17.9 Å². The fraction of sp³-hybridized carbons (Fsp3) is 0.316. The molecule has 26 heavy (non-hydrogen) atoms. The highest BCUT2D eigenvalue weighted by molar-refractivity contribution is 7.92. The molecule has 6 nitrogen and oxygen atoms in total. The molecule has 0 radical (unpaired) electrons. The number of hydrogen-bond acceptors (Lipinski definition) is 4. The SMILES string of the molecule is CCOc1cccc(N(CC(=O)Nc2ccccc2CC)S(C)(=O)=O)c1. The predicted molar refractivity (Wildman–Crippen MR) is 104 cm³/mol. The van der Waals surface area contributed by atoms with Crippen LogP contribution in [-0.4, -0.2) is 33.7 Å². The van der Waals surface area contributed by atoms with Gasteiger partial charge in [0.1, 0.15) is 12.3 Å². The lowest BCUT2D eigenvalue weighted by Crippen LogP contribution is -2.37. The van der Waals surface area contributed by atoms with E-state index in [0.29, 0.717) is 23.7 Å². The van der Waals surface area contributed by atoms with Crippen LogP contribution < -0.4 is 14.4 Å². The summed E-state index contributed by atoms with van der Waals surface area (Å²) in [5, 5.41) is 2.80. The Labute approximate surface area is 154 Å². The topological polar surface area (TPSA) is 75.7 Å². The summed E-state index contributed by atoms with van der Waals surface area (Å²) in [7, 11) is -3.64. The number of ether oxygens (including phenoxy) is 1. The molecular formula is C19H24N2O4S. The van der Waals surface area contributed by atoms with E-state index < -0.39 is 15.9 Å². The summed E-state index contributed by atoms with van der Waals surface area (Å²) < 4.78 is 30.9. The van der Waals surface area contributed by atoms with E-state index in [1.807, 2.05) is 32.0 Å². The van der Waals surface area contributed by atoms with Gasteiger partial charge in [-0.3, -0.25) is 9.10 Å². The van der Waals surface area contributed by atoms with E-state index in [0.717, 1.165) is 22.5 Å². The molecule has 0 fully saturated rings. The molecule has 2 aromatic rings. The Morgan fingerprint density at radius 1 is 1.12 bits per heavy atom. The highest BCUT2D eigenvalue weighted by atomic mass is 32.2. The zero-order valence-electron chi connectivity index (χ0n) is 15.2. The summed E-state index contributed by atoms with van der Waals surface area (Å²) in [6, 6.07) is 14.1. The zero-order chi connectivity index (χ0) is 19.2. The maximum Gasteiger partial charge on any atom is 0.245 e. The maximum absolute atomic E-state index is 12.5. The van der Waals surface area contributed by atoms with Gasteiger partial charge in [0, 0.05) is 11.8 Å². The Balaban J connectivity index is 2.23. The molecule has 0 saturated carbocycles. The van der Waals surface area contributed by atoms with Crippen LogP contribution in [0.25, 0.3) is 0 Å². The average Bonchev–Trinajstić information content (AvgIpc) is 2.60. The molecule has 140 valence electrons. The van der Waals surface area contributed by atoms with E-state index in [1.54, 1.807) is 30.3 Å². The first-order valence-corrected chi connectivity index (χ1v) is 10.3. The number of rotatable bonds is 8. The van der Waals surface area contributed by atoms with Crippen LogP contribution in [0.15, 0.2) is 48.5 Å². The van der Waals surface area contributed by atoms with Crippen molar-refractivity contribution in [2.45, 2.75) is 20.3 Å². The first-order chi connectivity index (χ1) is 12.3. The minimum atomic E-state index is -3.64. The molecule has 0 aliphatic heterocycles. The Hall–Kier alpha value is -2.54. The van der Waals surface area contributed by atoms with Crippen molar-refractivity contribution in [3.05, 3.63) is 54.1 Å². The van der Waals surface area contributed by atoms with Crippen molar-refractivity contribution in [3.8, 4) is 5.75 Å². The number of amides is 1. The second-order valence-electron chi connectivity index (χ2n) is 5.76. The van der Waals surface area contributed by atoms with Crippen LogP contribution in [0.4, 0.5) is 11.4 Å². The quantitative estimate of drug-likeness (QED) is 0.768. The number of carbonyl (C=O) groups excluding carboxylic acids is 1. The Morgan fingerprint density at radius 2 is 1.85 bits per heavy atom. The molecule has 0 spiro atoms. The minimum absolute atomic E-state index is 0.313. The van der Waals surface area contributed by atoms with E-state index in [-0.39, 0.29) is 6.54 Å². The molecule has 1 amide bonds. The monoisotopic (exact) mass is 376 g/mol. The van der Waals surface area contributed by atoms with Crippen molar-refractivity contribution in [1.29, 1.82) is 0 Å². The predicted octanol–water partition coefficient (Wildman–Crippen LogP) is 3.05. The van der Waals surface area contributed by atoms with Crippen molar-refractivity contribution >= 4 is 27.3 Å². The fourth-order valence-electron chi connectivity index (χ4n) is 2.57. The van der Waals surface area contributed by atoms with E-state index in [9.17, 15) is 13.2 Å². The number of para-hydroxylation sites is 1. The molecule has 0 aromatic heterocycles. The summed E-state index contributed by atoms with van der Waals surface area (Å²) in [5.74, 6) is 0.147. The van der Waals surface area contributed by atoms with E-state index >= 15 is 0 Å². The Kier molecular flexibility index (Phi) is 6.63. The third kappa shape index (κ3) is 5.23. The van der Waals surface area contributed by atoms with Gasteiger partial charge in [-0.2, -0.15) is 0 Å². The van der Waals surface area contributed by atoms with Crippen LogP contribution in [0.1, 0.15) is 19.4 Å². The van der Waals surface area contributed by atoms with Crippen molar-refractivity contribution in [2.24, 2.45) is 0 Å². The number of anilines is 2. The number of sulfonamides is 1. The summed E-state index contributed by atoms with van der Waals surface area (Å²) >= 11 is 0. The van der Waals surface area contributed by atoms with Gasteiger partial charge in [-0.1, -0.05) is 31.2 Å². The average molecular weight is 376 g/mol. The van der Waals surface area contributed by atoms with Crippen LogP contribution >= 0.6 is 0 Å². The van der Waals surface area contributed by atoms with Crippen molar-refractivity contribution in [3.63, 3.8) is 0 Å². The largest absolute Gasteiger partial charge is 0.494 e. The maximum atomic E-state index is 12.5. The van der Waals surface area contributed by atoms with Gasteiger partial charge >= 0.3 is 0 Å². The normalized spacial score (nSPS) is 11.0. The lowest BCUT2D eigenvalue weighted by Gasteiger charge is -2.22. The van der Waals surface area contributed by atoms with Crippen LogP contribution in [-0.2, 0) is 21.2 Å². The van der Waals surface area contributed by atoms with E-state index in [2.05, 4.69) is 5.32 Å². The van der Waals surface area contributed by atoms with Crippen LogP contribution in [0.2, 0.25) is 0 Å². The second-order valence-corrected chi connectivity index (χ2v) is 7.67. The van der Waals surface area contributed by atoms with Gasteiger partial charge in [0.25, 0.3) is 0 Å². The first-order valence-electron chi connectivity index (χ1n) is 8.43. The number of nitrogens with one attached hydrogen (secondary N) is 1. The molecule has 2 rings (SSSR count). The van der Waals surface area contributed by atoms with Gasteiger partial charge in [0.15, 0.2) is 0 Å². The second kappa shape index (κ2) is 8.71. The van der Waals surface area contributed by atoms with Crippen LogP contribution in [0, 0.1) is 0 Å². The highest BCUT2D eigenvalue weighted by Gasteiger charge is 2.21. The smallest absolute Gasteiger partial charge is 0.245 e. The van der Waals surface area contributed by atoms with Gasteiger partial charge in [0.2, 0.25) is 15.9 Å². The molecular weight excluding hydrogens is 352 g/mol. The molecule has 7 heteroatoms. The molecule has 0 bridgehead atoms. The fourth-order valence-corrected chi connectivity index (χ4v) is 3.41. The lowest BCUT2D eigenvalue weighted by atomic mass is 10.1. The Bertz CT molecular complexity index is 865. The van der Waals surface area contributed by atoms with Gasteiger partial charge < -0.3 is 10.1 Å². The molecule has 0 atom stereocenters. The molecule has 0 heterocycles. The summed E-state index contributed by atoms with van der Waals surface area (Å²) in [6.07, 6.45) is 1.84. The summed E-state index contributed by atoms with van der Waals surface area (Å²) in [4.78, 5) is 12.5. The van der Waals surface area contributed by atoms with Crippen LogP contribution in [0.3, 0.4) is 0 Å². The molecule has 1 N–H and O–H groups in total. The summed E-state index contributed by atoms with van der Waals surface area (Å²) in [5.41, 5.74) is 2.07. The molecule has 0 saturated heterocycles. The molecule has 0 aliphatic carbocycles. The highest BCUT2D eigenvalue weighted by Crippen LogP contribution is 2.23. The molecule has 2 aromatic carbocycles. The zero-order valence-corrected chi connectivity index (χ0v) is 16.0. The van der Waals surface area contributed by atoms with Gasteiger partial charge in [-0.25, -0.2) is 8.42 Å². The Morgan fingerprint density at radius 3 is 2.50 bits per heavy atom. The van der Waals surface area contributed by atoms with Gasteiger partial charge in [0.05, 0.1) is 18.6 Å². The van der Waals surface area contributed by atoms with Crippen LogP contribution in [0.5, 0.6) is 5.75 Å². The van der Waals surface area contributed by atoms with Crippen molar-refractivity contribution in [2.75, 3.05) is 29.0 Å². The molecule has 0 aliphatic rings. The van der Waals surface area contributed by atoms with Gasteiger partial charge in [-0.15, -0.1) is 0 Å². The number of carbonyl (C=O) groups is 1. The van der Waals surface area contributed by atoms with Crippen molar-refractivity contribution in [1.82, 2.24) is 0 Å². The van der Waals surface area contributed by atoms with Gasteiger partial charge in [-0.05, 0) is 37.1 Å². The minimum Gasteiger partial charge on any atom is -0.494 e. The first kappa shape index (κ1) is 19.8. The number of nitrogens with zero attached hydrogens (tertiary/aromatic N) is 1. The number of hydrogen-bond donors (Lipinski definition) is 1. The lowest BCUT2D eigenvalue weighted by molar-refractivity contribution is -0.114. The standard InChI is InChI=1S/C19H24N2O4S/c1-4-15-9-6-7-12-18(15)20-19(22)14-21(26(3,23)24)16-10-8-11-17(13-16)25-5-2/h6-13H,4-5,14H2,1-3H3,(H,20,22). The van der Waals surface area contributed by atoms with E-state index in [4.69, 9.17) is 4.74 Å².